The lowest BCUT2D eigenvalue weighted by Gasteiger charge is -2.12. The van der Waals surface area contributed by atoms with Crippen LogP contribution in [0.25, 0.3) is 22.3 Å². The van der Waals surface area contributed by atoms with Gasteiger partial charge in [-0.2, -0.15) is 0 Å². The van der Waals surface area contributed by atoms with Gasteiger partial charge in [-0.05, 0) is 35.7 Å². The number of benzene rings is 4. The van der Waals surface area contributed by atoms with Gasteiger partial charge in [0.1, 0.15) is 18.5 Å². The molecule has 1 N–H and O–H groups in total. The SMILES string of the molecule is CC(O)c1ccc(-c2ccc(-c3ccc(OCc4ccc(C5CO5)c(F)c4F)cc3)c(F)c2F)cc1. The van der Waals surface area contributed by atoms with Crippen molar-refractivity contribution >= 4 is 0 Å². The van der Waals surface area contributed by atoms with Gasteiger partial charge in [-0.25, -0.2) is 17.6 Å². The first-order chi connectivity index (χ1) is 17.3. The zero-order chi connectivity index (χ0) is 25.4. The molecule has 1 fully saturated rings. The van der Waals surface area contributed by atoms with E-state index in [1.54, 1.807) is 55.5 Å². The van der Waals surface area contributed by atoms with Gasteiger partial charge >= 0.3 is 0 Å². The van der Waals surface area contributed by atoms with E-state index in [1.807, 2.05) is 0 Å². The molecule has 0 amide bonds. The highest BCUT2D eigenvalue weighted by Gasteiger charge is 2.30. The van der Waals surface area contributed by atoms with Gasteiger partial charge in [-0.1, -0.05) is 60.7 Å². The molecule has 4 aromatic carbocycles. The van der Waals surface area contributed by atoms with Crippen LogP contribution >= 0.6 is 0 Å². The van der Waals surface area contributed by atoms with Crippen LogP contribution in [0.4, 0.5) is 17.6 Å². The second kappa shape index (κ2) is 9.76. The third kappa shape index (κ3) is 4.72. The van der Waals surface area contributed by atoms with Crippen LogP contribution in [-0.4, -0.2) is 11.7 Å². The molecule has 0 aromatic heterocycles. The maximum Gasteiger partial charge on any atom is 0.167 e. The van der Waals surface area contributed by atoms with E-state index in [1.165, 1.54) is 24.3 Å². The molecule has 0 spiro atoms. The summed E-state index contributed by atoms with van der Waals surface area (Å²) in [6.07, 6.45) is -1.05. The maximum atomic E-state index is 15.0. The Bertz CT molecular complexity index is 1400. The van der Waals surface area contributed by atoms with Crippen molar-refractivity contribution in [3.8, 4) is 28.0 Å². The highest BCUT2D eigenvalue weighted by Crippen LogP contribution is 2.34. The molecule has 1 aliphatic heterocycles. The predicted octanol–water partition coefficient (Wildman–Crippen LogP) is 7.28. The van der Waals surface area contributed by atoms with Crippen molar-refractivity contribution in [1.29, 1.82) is 0 Å². The molecule has 1 heterocycles. The molecular formula is C29H22F4O3. The molecule has 1 aliphatic rings. The highest BCUT2D eigenvalue weighted by atomic mass is 19.2. The van der Waals surface area contributed by atoms with E-state index < -0.39 is 35.5 Å². The fourth-order valence-electron chi connectivity index (χ4n) is 4.02. The average molecular weight is 494 g/mol. The third-order valence-corrected chi connectivity index (χ3v) is 6.22. The molecule has 0 bridgehead atoms. The summed E-state index contributed by atoms with van der Waals surface area (Å²) in [5.74, 6) is -3.51. The van der Waals surface area contributed by atoms with E-state index in [4.69, 9.17) is 9.47 Å². The van der Waals surface area contributed by atoms with Crippen molar-refractivity contribution in [2.45, 2.75) is 25.7 Å². The van der Waals surface area contributed by atoms with E-state index in [-0.39, 0.29) is 28.9 Å². The van der Waals surface area contributed by atoms with Crippen molar-refractivity contribution in [1.82, 2.24) is 0 Å². The molecule has 0 saturated carbocycles. The Balaban J connectivity index is 1.31. The summed E-state index contributed by atoms with van der Waals surface area (Å²) in [7, 11) is 0. The van der Waals surface area contributed by atoms with Crippen molar-refractivity contribution in [3.05, 3.63) is 113 Å². The van der Waals surface area contributed by atoms with Crippen molar-refractivity contribution in [2.75, 3.05) is 6.61 Å². The van der Waals surface area contributed by atoms with Crippen LogP contribution in [0.3, 0.4) is 0 Å². The fraction of sp³-hybridized carbons (Fsp3) is 0.172. The van der Waals surface area contributed by atoms with Crippen molar-refractivity contribution < 1.29 is 32.1 Å². The zero-order valence-corrected chi connectivity index (χ0v) is 19.3. The molecule has 3 nitrogen and oxygen atoms in total. The number of hydrogen-bond acceptors (Lipinski definition) is 3. The summed E-state index contributed by atoms with van der Waals surface area (Å²) < 4.78 is 69.0. The molecule has 184 valence electrons. The van der Waals surface area contributed by atoms with Crippen LogP contribution in [0, 0.1) is 23.3 Å². The minimum absolute atomic E-state index is 0.0613. The third-order valence-electron chi connectivity index (χ3n) is 6.22. The summed E-state index contributed by atoms with van der Waals surface area (Å²) in [6, 6.07) is 18.8. The second-order valence-electron chi connectivity index (χ2n) is 8.66. The number of hydrogen-bond donors (Lipinski definition) is 1. The normalized spacial score (nSPS) is 15.6. The smallest absolute Gasteiger partial charge is 0.167 e. The first kappa shape index (κ1) is 24.0. The second-order valence-corrected chi connectivity index (χ2v) is 8.66. The van der Waals surface area contributed by atoms with Gasteiger partial charge in [0.25, 0.3) is 0 Å². The van der Waals surface area contributed by atoms with Gasteiger partial charge in [0.05, 0.1) is 12.7 Å². The molecule has 4 aromatic rings. The van der Waals surface area contributed by atoms with Gasteiger partial charge in [-0.15, -0.1) is 0 Å². The van der Waals surface area contributed by atoms with Crippen LogP contribution in [0.2, 0.25) is 0 Å². The van der Waals surface area contributed by atoms with Gasteiger partial charge in [0.2, 0.25) is 0 Å². The molecule has 1 saturated heterocycles. The molecule has 7 heteroatoms. The van der Waals surface area contributed by atoms with E-state index in [2.05, 4.69) is 0 Å². The fourth-order valence-corrected chi connectivity index (χ4v) is 4.02. The van der Waals surface area contributed by atoms with E-state index >= 15 is 0 Å². The minimum Gasteiger partial charge on any atom is -0.489 e. The number of epoxide rings is 1. The summed E-state index contributed by atoms with van der Waals surface area (Å²) in [5.41, 5.74) is 2.05. The number of rotatable bonds is 7. The number of aliphatic hydroxyl groups excluding tert-OH is 1. The van der Waals surface area contributed by atoms with Crippen LogP contribution in [0.1, 0.15) is 35.8 Å². The molecule has 5 rings (SSSR count). The topological polar surface area (TPSA) is 42.0 Å². The van der Waals surface area contributed by atoms with Gasteiger partial charge in [0, 0.05) is 22.3 Å². The summed E-state index contributed by atoms with van der Waals surface area (Å²) in [4.78, 5) is 0. The first-order valence-corrected chi connectivity index (χ1v) is 11.4. The minimum atomic E-state index is -0.988. The Labute approximate surface area is 205 Å². The number of halogens is 4. The summed E-state index contributed by atoms with van der Waals surface area (Å²) in [6.45, 7) is 1.81. The Hall–Kier alpha value is -3.68. The predicted molar refractivity (Wildman–Crippen MR) is 127 cm³/mol. The first-order valence-electron chi connectivity index (χ1n) is 11.4. The van der Waals surface area contributed by atoms with E-state index in [9.17, 15) is 22.7 Å². The average Bonchev–Trinajstić information content (AvgIpc) is 3.72. The van der Waals surface area contributed by atoms with Crippen LogP contribution in [0.15, 0.2) is 72.8 Å². The van der Waals surface area contributed by atoms with Gasteiger partial charge in [0.15, 0.2) is 23.3 Å². The van der Waals surface area contributed by atoms with Gasteiger partial charge < -0.3 is 14.6 Å². The highest BCUT2D eigenvalue weighted by molar-refractivity contribution is 5.72. The lowest BCUT2D eigenvalue weighted by molar-refractivity contribution is 0.199. The lowest BCUT2D eigenvalue weighted by Crippen LogP contribution is -2.03. The van der Waals surface area contributed by atoms with Crippen molar-refractivity contribution in [3.63, 3.8) is 0 Å². The van der Waals surface area contributed by atoms with E-state index in [0.29, 0.717) is 29.0 Å². The molecule has 2 atom stereocenters. The zero-order valence-electron chi connectivity index (χ0n) is 19.3. The quantitative estimate of drug-likeness (QED) is 0.217. The molecule has 0 radical (unpaired) electrons. The largest absolute Gasteiger partial charge is 0.489 e. The van der Waals surface area contributed by atoms with Crippen molar-refractivity contribution in [2.24, 2.45) is 0 Å². The Morgan fingerprint density at radius 1 is 0.778 bits per heavy atom. The van der Waals surface area contributed by atoms with Gasteiger partial charge in [-0.3, -0.25) is 0 Å². The molecule has 36 heavy (non-hydrogen) atoms. The summed E-state index contributed by atoms with van der Waals surface area (Å²) in [5, 5.41) is 9.63. The molecule has 2 unspecified atom stereocenters. The van der Waals surface area contributed by atoms with Crippen LogP contribution < -0.4 is 4.74 Å². The monoisotopic (exact) mass is 494 g/mol. The standard InChI is InChI=1S/C29H22F4O3/c1-16(34)17-2-4-18(5-3-17)22-12-13-23(28(32)27(22)31)19-6-9-21(10-7-19)35-14-20-8-11-24(25-15-36-25)29(33)26(20)30/h2-13,16,25,34H,14-15H2,1H3. The number of aliphatic hydroxyl groups is 1. The Kier molecular flexibility index (Phi) is 6.51. The van der Waals surface area contributed by atoms with Crippen LogP contribution in [0.5, 0.6) is 5.75 Å². The Morgan fingerprint density at radius 2 is 1.33 bits per heavy atom. The molecular weight excluding hydrogens is 472 g/mol. The lowest BCUT2D eigenvalue weighted by atomic mass is 9.97. The maximum absolute atomic E-state index is 15.0. The summed E-state index contributed by atoms with van der Waals surface area (Å²) >= 11 is 0. The molecule has 0 aliphatic carbocycles. The van der Waals surface area contributed by atoms with Crippen LogP contribution in [-0.2, 0) is 11.3 Å². The number of ether oxygens (including phenoxy) is 2. The Morgan fingerprint density at radius 3 is 1.86 bits per heavy atom. The van der Waals surface area contributed by atoms with E-state index in [0.717, 1.165) is 0 Å².